The fourth-order valence-corrected chi connectivity index (χ4v) is 3.63. The second kappa shape index (κ2) is 6.46. The summed E-state index contributed by atoms with van der Waals surface area (Å²) in [6.45, 7) is 6.83. The van der Waals surface area contributed by atoms with Gasteiger partial charge in [-0.25, -0.2) is 4.79 Å². The molecule has 2 saturated heterocycles. The highest BCUT2D eigenvalue weighted by atomic mass is 16.6. The second-order valence-corrected chi connectivity index (χ2v) is 7.68. The fraction of sp³-hybridized carbons (Fsp3) is 0.579. The average Bonchev–Trinajstić information content (AvgIpc) is 2.80. The van der Waals surface area contributed by atoms with E-state index in [9.17, 15) is 9.59 Å². The number of likely N-dealkylation sites (tertiary alicyclic amines) is 1. The summed E-state index contributed by atoms with van der Waals surface area (Å²) in [5.74, 6) is 0.0779. The van der Waals surface area contributed by atoms with Gasteiger partial charge in [0.15, 0.2) is 0 Å². The topological polar surface area (TPSA) is 49.9 Å². The average molecular weight is 330 g/mol. The van der Waals surface area contributed by atoms with Crippen molar-refractivity contribution in [2.75, 3.05) is 13.1 Å². The predicted octanol–water partition coefficient (Wildman–Crippen LogP) is 3.30. The number of carbonyl (C=O) groups is 2. The molecule has 2 aliphatic heterocycles. The van der Waals surface area contributed by atoms with E-state index in [4.69, 9.17) is 4.74 Å². The van der Waals surface area contributed by atoms with E-state index < -0.39 is 5.60 Å². The number of ether oxygens (including phenoxy) is 1. The molecule has 1 aromatic carbocycles. The van der Waals surface area contributed by atoms with Crippen LogP contribution in [-0.2, 0) is 4.74 Å². The highest BCUT2D eigenvalue weighted by Crippen LogP contribution is 2.32. The molecule has 2 amide bonds. The first-order valence-electron chi connectivity index (χ1n) is 8.71. The monoisotopic (exact) mass is 330 g/mol. The summed E-state index contributed by atoms with van der Waals surface area (Å²) < 4.78 is 5.50. The minimum Gasteiger partial charge on any atom is -0.444 e. The maximum atomic E-state index is 12.9. The van der Waals surface area contributed by atoms with Gasteiger partial charge in [0.25, 0.3) is 5.91 Å². The molecule has 0 unspecified atom stereocenters. The molecule has 5 nitrogen and oxygen atoms in total. The molecule has 0 spiro atoms. The summed E-state index contributed by atoms with van der Waals surface area (Å²) in [4.78, 5) is 29.1. The molecular formula is C19H26N2O3. The van der Waals surface area contributed by atoms with Crippen LogP contribution in [-0.4, -0.2) is 52.6 Å². The summed E-state index contributed by atoms with van der Waals surface area (Å²) in [5.41, 5.74) is 0.224. The molecule has 3 rings (SSSR count). The van der Waals surface area contributed by atoms with Crippen LogP contribution in [0.2, 0.25) is 0 Å². The Kier molecular flexibility index (Phi) is 4.52. The van der Waals surface area contributed by atoms with Crippen molar-refractivity contribution in [3.63, 3.8) is 0 Å². The Labute approximate surface area is 143 Å². The Morgan fingerprint density at radius 1 is 1.04 bits per heavy atom. The molecule has 2 bridgehead atoms. The van der Waals surface area contributed by atoms with Gasteiger partial charge in [-0.05, 0) is 52.2 Å². The van der Waals surface area contributed by atoms with Gasteiger partial charge < -0.3 is 14.5 Å². The summed E-state index contributed by atoms with van der Waals surface area (Å²) in [6.07, 6.45) is 2.50. The number of nitrogens with zero attached hydrogens (tertiary/aromatic N) is 2. The number of benzene rings is 1. The smallest absolute Gasteiger partial charge is 0.410 e. The lowest BCUT2D eigenvalue weighted by Crippen LogP contribution is -2.45. The van der Waals surface area contributed by atoms with Crippen LogP contribution in [0.25, 0.3) is 0 Å². The van der Waals surface area contributed by atoms with E-state index in [0.717, 1.165) is 24.8 Å². The van der Waals surface area contributed by atoms with Crippen molar-refractivity contribution >= 4 is 12.0 Å². The molecule has 24 heavy (non-hydrogen) atoms. The molecule has 0 aliphatic carbocycles. The third-order valence-corrected chi connectivity index (χ3v) is 4.69. The molecule has 2 atom stereocenters. The molecule has 2 aliphatic rings. The molecule has 2 heterocycles. The molecule has 0 saturated carbocycles. The Hall–Kier alpha value is -2.04. The molecular weight excluding hydrogens is 304 g/mol. The number of hydrogen-bond donors (Lipinski definition) is 0. The Morgan fingerprint density at radius 3 is 2.38 bits per heavy atom. The number of carbonyl (C=O) groups excluding carboxylic acids is 2. The van der Waals surface area contributed by atoms with E-state index in [-0.39, 0.29) is 24.1 Å². The lowest BCUT2D eigenvalue weighted by atomic mass is 10.1. The highest BCUT2D eigenvalue weighted by Gasteiger charge is 2.41. The third-order valence-electron chi connectivity index (χ3n) is 4.69. The normalized spacial score (nSPS) is 23.8. The number of amides is 2. The highest BCUT2D eigenvalue weighted by molar-refractivity contribution is 5.94. The van der Waals surface area contributed by atoms with Crippen LogP contribution in [0.5, 0.6) is 0 Å². The first kappa shape index (κ1) is 16.8. The van der Waals surface area contributed by atoms with Crippen LogP contribution in [0.4, 0.5) is 4.79 Å². The van der Waals surface area contributed by atoms with Gasteiger partial charge in [-0.3, -0.25) is 4.79 Å². The molecule has 1 aromatic rings. The van der Waals surface area contributed by atoms with Gasteiger partial charge in [-0.1, -0.05) is 18.2 Å². The maximum absolute atomic E-state index is 12.9. The minimum absolute atomic E-state index is 0.0779. The zero-order valence-electron chi connectivity index (χ0n) is 14.7. The summed E-state index contributed by atoms with van der Waals surface area (Å²) in [5, 5.41) is 0. The molecule has 0 aromatic heterocycles. The Bertz CT molecular complexity index is 609. The zero-order valence-corrected chi connectivity index (χ0v) is 14.7. The van der Waals surface area contributed by atoms with Crippen molar-refractivity contribution in [3.8, 4) is 0 Å². The van der Waals surface area contributed by atoms with Gasteiger partial charge in [-0.15, -0.1) is 0 Å². The largest absolute Gasteiger partial charge is 0.444 e. The zero-order chi connectivity index (χ0) is 17.3. The second-order valence-electron chi connectivity index (χ2n) is 7.68. The lowest BCUT2D eigenvalue weighted by molar-refractivity contribution is 0.0229. The summed E-state index contributed by atoms with van der Waals surface area (Å²) >= 11 is 0. The first-order valence-corrected chi connectivity index (χ1v) is 8.71. The van der Waals surface area contributed by atoms with Crippen LogP contribution >= 0.6 is 0 Å². The first-order chi connectivity index (χ1) is 11.3. The fourth-order valence-electron chi connectivity index (χ4n) is 3.63. The Morgan fingerprint density at radius 2 is 1.71 bits per heavy atom. The quantitative estimate of drug-likeness (QED) is 0.794. The molecule has 2 fully saturated rings. The van der Waals surface area contributed by atoms with Gasteiger partial charge in [0.2, 0.25) is 0 Å². The van der Waals surface area contributed by atoms with Crippen molar-refractivity contribution in [2.24, 2.45) is 0 Å². The molecule has 5 heteroatoms. The van der Waals surface area contributed by atoms with Crippen molar-refractivity contribution in [1.82, 2.24) is 9.80 Å². The molecule has 130 valence electrons. The molecule has 0 N–H and O–H groups in total. The van der Waals surface area contributed by atoms with E-state index >= 15 is 0 Å². The van der Waals surface area contributed by atoms with Crippen molar-refractivity contribution in [1.29, 1.82) is 0 Å². The maximum Gasteiger partial charge on any atom is 0.410 e. The van der Waals surface area contributed by atoms with Crippen molar-refractivity contribution in [3.05, 3.63) is 35.9 Å². The summed E-state index contributed by atoms with van der Waals surface area (Å²) in [7, 11) is 0. The van der Waals surface area contributed by atoms with Gasteiger partial charge in [0.1, 0.15) is 5.60 Å². The van der Waals surface area contributed by atoms with Gasteiger partial charge in [0.05, 0.1) is 6.04 Å². The van der Waals surface area contributed by atoms with Crippen molar-refractivity contribution in [2.45, 2.75) is 57.7 Å². The van der Waals surface area contributed by atoms with Crippen LogP contribution in [0, 0.1) is 0 Å². The number of rotatable bonds is 1. The summed E-state index contributed by atoms with van der Waals surface area (Å²) in [6, 6.07) is 9.71. The third kappa shape index (κ3) is 3.55. The molecule has 0 radical (unpaired) electrons. The number of fused-ring (bicyclic) bond motifs is 2. The lowest BCUT2D eigenvalue weighted by Gasteiger charge is -2.30. The predicted molar refractivity (Wildman–Crippen MR) is 91.8 cm³/mol. The van der Waals surface area contributed by atoms with Crippen LogP contribution in [0.3, 0.4) is 0 Å². The Balaban J connectivity index is 1.74. The van der Waals surface area contributed by atoms with E-state index in [1.54, 1.807) is 4.90 Å². The standard InChI is InChI=1S/C19H26N2O3/c1-19(2,3)24-18(23)20-12-11-15-9-10-16(13-20)21(15)17(22)14-7-5-4-6-8-14/h4-8,15-16H,9-13H2,1-3H3/t15-,16+/m0/s1. The van der Waals surface area contributed by atoms with Gasteiger partial charge >= 0.3 is 6.09 Å². The van der Waals surface area contributed by atoms with E-state index in [1.165, 1.54) is 0 Å². The minimum atomic E-state index is -0.498. The van der Waals surface area contributed by atoms with Gasteiger partial charge in [0, 0.05) is 24.7 Å². The SMILES string of the molecule is CC(C)(C)OC(=O)N1CC[C@@H]2CC[C@H](C1)N2C(=O)c1ccccc1. The van der Waals surface area contributed by atoms with Crippen LogP contribution in [0.15, 0.2) is 30.3 Å². The van der Waals surface area contributed by atoms with E-state index in [0.29, 0.717) is 13.1 Å². The number of hydrogen-bond acceptors (Lipinski definition) is 3. The van der Waals surface area contributed by atoms with E-state index in [1.807, 2.05) is 56.0 Å². The van der Waals surface area contributed by atoms with Crippen LogP contribution < -0.4 is 0 Å². The van der Waals surface area contributed by atoms with Gasteiger partial charge in [-0.2, -0.15) is 0 Å². The van der Waals surface area contributed by atoms with Crippen LogP contribution in [0.1, 0.15) is 50.4 Å². The van der Waals surface area contributed by atoms with E-state index in [2.05, 4.69) is 0 Å². The van der Waals surface area contributed by atoms with Crippen molar-refractivity contribution < 1.29 is 14.3 Å².